The first kappa shape index (κ1) is 19.1. The zero-order valence-corrected chi connectivity index (χ0v) is 18.2. The molecule has 1 atom stereocenters. The van der Waals surface area contributed by atoms with Crippen LogP contribution in [-0.2, 0) is 6.42 Å². The predicted octanol–water partition coefficient (Wildman–Crippen LogP) is 5.02. The molecule has 2 fully saturated rings. The van der Waals surface area contributed by atoms with Crippen LogP contribution in [-0.4, -0.2) is 39.7 Å². The molecular formula is C26H30N4O. The second-order valence-corrected chi connectivity index (χ2v) is 9.66. The highest BCUT2D eigenvalue weighted by atomic mass is 16.1. The Morgan fingerprint density at radius 3 is 2.74 bits per heavy atom. The van der Waals surface area contributed by atoms with Crippen LogP contribution in [0.1, 0.15) is 66.6 Å². The largest absolute Gasteiger partial charge is 0.321 e. The Hall–Kier alpha value is -2.66. The molecule has 2 aliphatic heterocycles. The fraction of sp³-hybridized carbons (Fsp3) is 0.462. The van der Waals surface area contributed by atoms with E-state index in [1.807, 2.05) is 24.4 Å². The number of nitrogens with one attached hydrogen (secondary N) is 1. The highest BCUT2D eigenvalue weighted by molar-refractivity contribution is 6.24. The normalized spacial score (nSPS) is 20.7. The first-order valence-corrected chi connectivity index (χ1v) is 11.8. The summed E-state index contributed by atoms with van der Waals surface area (Å²) in [6.45, 7) is 4.80. The van der Waals surface area contributed by atoms with Crippen LogP contribution >= 0.6 is 0 Å². The van der Waals surface area contributed by atoms with E-state index in [4.69, 9.17) is 5.10 Å². The molecule has 3 aliphatic rings. The molecular weight excluding hydrogens is 384 g/mol. The van der Waals surface area contributed by atoms with Crippen LogP contribution in [0, 0.1) is 5.92 Å². The van der Waals surface area contributed by atoms with Gasteiger partial charge in [-0.2, -0.15) is 5.10 Å². The summed E-state index contributed by atoms with van der Waals surface area (Å²) in [5, 5.41) is 9.94. The maximum Gasteiger partial charge on any atom is 0.256 e. The van der Waals surface area contributed by atoms with Crippen molar-refractivity contribution in [3.8, 4) is 0 Å². The Kier molecular flexibility index (Phi) is 4.60. The summed E-state index contributed by atoms with van der Waals surface area (Å²) in [6.07, 6.45) is 11.7. The maximum atomic E-state index is 12.2. The van der Waals surface area contributed by atoms with Gasteiger partial charge in [-0.25, -0.2) is 0 Å². The van der Waals surface area contributed by atoms with Crippen LogP contribution in [0.3, 0.4) is 0 Å². The second-order valence-electron chi connectivity index (χ2n) is 9.66. The molecule has 2 aromatic carbocycles. The van der Waals surface area contributed by atoms with E-state index in [0.717, 1.165) is 35.0 Å². The van der Waals surface area contributed by atoms with E-state index >= 15 is 0 Å². The SMILES string of the molecule is C[C@@H](C1CCC1)N1CCC(n2cc(Cc3ccc4c5c(cccc35)C(=O)N4)cn2)CC1. The van der Waals surface area contributed by atoms with Gasteiger partial charge in [-0.1, -0.05) is 24.6 Å². The smallest absolute Gasteiger partial charge is 0.256 e. The molecule has 0 spiro atoms. The van der Waals surface area contributed by atoms with Gasteiger partial charge in [-0.3, -0.25) is 9.48 Å². The molecule has 1 N–H and O–H groups in total. The lowest BCUT2D eigenvalue weighted by Crippen LogP contribution is -2.45. The summed E-state index contributed by atoms with van der Waals surface area (Å²) >= 11 is 0. The molecule has 1 saturated carbocycles. The van der Waals surface area contributed by atoms with E-state index in [0.29, 0.717) is 6.04 Å². The number of carbonyl (C=O) groups is 1. The van der Waals surface area contributed by atoms with E-state index in [1.54, 1.807) is 0 Å². The van der Waals surface area contributed by atoms with Crippen molar-refractivity contribution in [3.63, 3.8) is 0 Å². The molecule has 5 nitrogen and oxygen atoms in total. The molecule has 0 unspecified atom stereocenters. The van der Waals surface area contributed by atoms with Gasteiger partial charge < -0.3 is 10.2 Å². The van der Waals surface area contributed by atoms with E-state index in [9.17, 15) is 4.79 Å². The van der Waals surface area contributed by atoms with E-state index in [2.05, 4.69) is 40.2 Å². The minimum atomic E-state index is 0.00328. The quantitative estimate of drug-likeness (QED) is 0.638. The summed E-state index contributed by atoms with van der Waals surface area (Å²) in [4.78, 5) is 14.9. The number of rotatable bonds is 5. The number of anilines is 1. The lowest BCUT2D eigenvalue weighted by Gasteiger charge is -2.42. The number of nitrogens with zero attached hydrogens (tertiary/aromatic N) is 3. The number of carbonyl (C=O) groups excluding carboxylic acids is 1. The van der Waals surface area contributed by atoms with Gasteiger partial charge in [0.25, 0.3) is 5.91 Å². The van der Waals surface area contributed by atoms with Crippen molar-refractivity contribution in [3.05, 3.63) is 59.4 Å². The number of hydrogen-bond donors (Lipinski definition) is 1. The van der Waals surface area contributed by atoms with E-state index in [1.165, 1.54) is 61.7 Å². The highest BCUT2D eigenvalue weighted by Gasteiger charge is 2.31. The van der Waals surface area contributed by atoms with Crippen molar-refractivity contribution in [1.82, 2.24) is 14.7 Å². The van der Waals surface area contributed by atoms with Gasteiger partial charge in [0.05, 0.1) is 12.2 Å². The Morgan fingerprint density at radius 2 is 1.97 bits per heavy atom. The molecule has 5 heteroatoms. The number of benzene rings is 2. The van der Waals surface area contributed by atoms with Crippen LogP contribution in [0.25, 0.3) is 10.8 Å². The van der Waals surface area contributed by atoms with Gasteiger partial charge in [0.2, 0.25) is 0 Å². The van der Waals surface area contributed by atoms with Crippen molar-refractivity contribution in [2.45, 2.75) is 57.5 Å². The summed E-state index contributed by atoms with van der Waals surface area (Å²) in [6, 6.07) is 11.5. The van der Waals surface area contributed by atoms with Crippen LogP contribution < -0.4 is 5.32 Å². The molecule has 3 heterocycles. The summed E-state index contributed by atoms with van der Waals surface area (Å²) in [7, 11) is 0. The van der Waals surface area contributed by atoms with Crippen molar-refractivity contribution in [2.24, 2.45) is 5.92 Å². The Labute approximate surface area is 183 Å². The standard InChI is InChI=1S/C26H30N4O/c1-17(19-4-2-5-19)29-12-10-21(11-13-29)30-16-18(15-27-30)14-20-8-9-24-25-22(20)6-3-7-23(25)26(31)28-24/h3,6-9,15-17,19,21H,2,4-5,10-14H2,1H3,(H,28,31)/t17-/m0/s1. The number of piperidine rings is 1. The van der Waals surface area contributed by atoms with Crippen LogP contribution in [0.5, 0.6) is 0 Å². The lowest BCUT2D eigenvalue weighted by atomic mass is 9.79. The fourth-order valence-corrected chi connectivity index (χ4v) is 5.77. The van der Waals surface area contributed by atoms with Crippen molar-refractivity contribution >= 4 is 22.4 Å². The Bertz CT molecular complexity index is 1140. The molecule has 0 radical (unpaired) electrons. The van der Waals surface area contributed by atoms with Crippen LogP contribution in [0.4, 0.5) is 5.69 Å². The zero-order valence-electron chi connectivity index (χ0n) is 18.2. The number of amides is 1. The fourth-order valence-electron chi connectivity index (χ4n) is 5.77. The van der Waals surface area contributed by atoms with Gasteiger partial charge in [0.15, 0.2) is 0 Å². The predicted molar refractivity (Wildman–Crippen MR) is 124 cm³/mol. The number of aromatic nitrogens is 2. The second kappa shape index (κ2) is 7.49. The molecule has 1 aromatic heterocycles. The first-order chi connectivity index (χ1) is 15.2. The molecule has 160 valence electrons. The molecule has 3 aromatic rings. The average molecular weight is 415 g/mol. The number of hydrogen-bond acceptors (Lipinski definition) is 3. The number of likely N-dealkylation sites (tertiary alicyclic amines) is 1. The zero-order chi connectivity index (χ0) is 20.9. The Balaban J connectivity index is 1.16. The topological polar surface area (TPSA) is 50.2 Å². The minimum Gasteiger partial charge on any atom is -0.321 e. The molecule has 31 heavy (non-hydrogen) atoms. The van der Waals surface area contributed by atoms with Gasteiger partial charge in [0.1, 0.15) is 0 Å². The van der Waals surface area contributed by atoms with Crippen molar-refractivity contribution in [2.75, 3.05) is 18.4 Å². The molecule has 6 rings (SSSR count). The summed E-state index contributed by atoms with van der Waals surface area (Å²) in [5.74, 6) is 0.930. The van der Waals surface area contributed by atoms with Crippen molar-refractivity contribution in [1.29, 1.82) is 0 Å². The van der Waals surface area contributed by atoms with Gasteiger partial charge in [-0.05, 0) is 67.2 Å². The third-order valence-corrected chi connectivity index (χ3v) is 7.95. The summed E-state index contributed by atoms with van der Waals surface area (Å²) in [5.41, 5.74) is 4.20. The lowest BCUT2D eigenvalue weighted by molar-refractivity contribution is 0.0736. The molecule has 1 saturated heterocycles. The van der Waals surface area contributed by atoms with Crippen LogP contribution in [0.15, 0.2) is 42.7 Å². The third-order valence-electron chi connectivity index (χ3n) is 7.95. The van der Waals surface area contributed by atoms with E-state index in [-0.39, 0.29) is 5.91 Å². The molecule has 0 bridgehead atoms. The molecule has 1 amide bonds. The Morgan fingerprint density at radius 1 is 1.13 bits per heavy atom. The van der Waals surface area contributed by atoms with Crippen molar-refractivity contribution < 1.29 is 4.79 Å². The van der Waals surface area contributed by atoms with Crippen LogP contribution in [0.2, 0.25) is 0 Å². The minimum absolute atomic E-state index is 0.00328. The van der Waals surface area contributed by atoms with Gasteiger partial charge in [-0.15, -0.1) is 0 Å². The maximum absolute atomic E-state index is 12.2. The summed E-state index contributed by atoms with van der Waals surface area (Å²) < 4.78 is 2.20. The third kappa shape index (κ3) is 3.26. The first-order valence-electron chi connectivity index (χ1n) is 11.8. The van der Waals surface area contributed by atoms with Gasteiger partial charge >= 0.3 is 0 Å². The van der Waals surface area contributed by atoms with E-state index < -0.39 is 0 Å². The highest BCUT2D eigenvalue weighted by Crippen LogP contribution is 2.36. The monoisotopic (exact) mass is 414 g/mol. The average Bonchev–Trinajstić information content (AvgIpc) is 3.35. The molecule has 1 aliphatic carbocycles. The van der Waals surface area contributed by atoms with Gasteiger partial charge in [0, 0.05) is 48.4 Å².